The lowest BCUT2D eigenvalue weighted by atomic mass is 9.48. The summed E-state index contributed by atoms with van der Waals surface area (Å²) in [5.41, 5.74) is 0.247. The second kappa shape index (κ2) is 8.72. The Morgan fingerprint density at radius 3 is 2.56 bits per heavy atom. The summed E-state index contributed by atoms with van der Waals surface area (Å²) in [5.74, 6) is 2.21. The molecular formula is C28H42O4. The van der Waals surface area contributed by atoms with E-state index in [2.05, 4.69) is 32.9 Å². The number of ketones is 2. The number of rotatable bonds is 6. The van der Waals surface area contributed by atoms with Gasteiger partial charge in [0.1, 0.15) is 11.6 Å². The third-order valence-electron chi connectivity index (χ3n) is 10.5. The van der Waals surface area contributed by atoms with Crippen LogP contribution in [0.5, 0.6) is 0 Å². The lowest BCUT2D eigenvalue weighted by molar-refractivity contribution is -0.141. The van der Waals surface area contributed by atoms with Gasteiger partial charge >= 0.3 is 5.97 Å². The minimum absolute atomic E-state index is 0.0601. The van der Waals surface area contributed by atoms with Gasteiger partial charge in [-0.15, -0.1) is 0 Å². The highest BCUT2D eigenvalue weighted by Gasteiger charge is 2.61. The van der Waals surface area contributed by atoms with E-state index in [0.29, 0.717) is 60.4 Å². The molecule has 5 unspecified atom stereocenters. The van der Waals surface area contributed by atoms with Crippen molar-refractivity contribution < 1.29 is 19.5 Å². The average Bonchev–Trinajstić information content (AvgIpc) is 2.91. The molecule has 0 spiro atoms. The Morgan fingerprint density at radius 2 is 1.84 bits per heavy atom. The average molecular weight is 443 g/mol. The van der Waals surface area contributed by atoms with Crippen molar-refractivity contribution in [3.05, 3.63) is 12.2 Å². The van der Waals surface area contributed by atoms with Gasteiger partial charge in [0.15, 0.2) is 0 Å². The van der Waals surface area contributed by atoms with E-state index in [9.17, 15) is 14.4 Å². The Balaban J connectivity index is 1.51. The maximum Gasteiger partial charge on any atom is 0.306 e. The molecule has 1 N–H and O–H groups in total. The molecule has 0 aromatic rings. The summed E-state index contributed by atoms with van der Waals surface area (Å²) in [7, 11) is 0. The zero-order valence-electron chi connectivity index (χ0n) is 20.4. The van der Waals surface area contributed by atoms with Gasteiger partial charge in [0.05, 0.1) is 5.92 Å². The van der Waals surface area contributed by atoms with Crippen molar-refractivity contribution in [3.8, 4) is 0 Å². The van der Waals surface area contributed by atoms with E-state index in [1.165, 1.54) is 6.42 Å². The summed E-state index contributed by atoms with van der Waals surface area (Å²) < 4.78 is 0. The van der Waals surface area contributed by atoms with E-state index in [4.69, 9.17) is 5.11 Å². The van der Waals surface area contributed by atoms with Gasteiger partial charge in [-0.2, -0.15) is 0 Å². The maximum atomic E-state index is 13.4. The normalized spacial score (nSPS) is 43.1. The highest BCUT2D eigenvalue weighted by molar-refractivity contribution is 5.85. The van der Waals surface area contributed by atoms with Crippen LogP contribution in [0.4, 0.5) is 0 Å². The number of carboxylic acids is 1. The fourth-order valence-corrected chi connectivity index (χ4v) is 8.59. The summed E-state index contributed by atoms with van der Waals surface area (Å²) in [4.78, 5) is 36.7. The first kappa shape index (κ1) is 23.7. The van der Waals surface area contributed by atoms with Crippen LogP contribution in [-0.2, 0) is 14.4 Å². The quantitative estimate of drug-likeness (QED) is 0.506. The fraction of sp³-hybridized carbons (Fsp3) is 0.821. The van der Waals surface area contributed by atoms with Crippen molar-refractivity contribution in [1.82, 2.24) is 0 Å². The van der Waals surface area contributed by atoms with E-state index in [1.807, 2.05) is 0 Å². The molecule has 0 saturated heterocycles. The summed E-state index contributed by atoms with van der Waals surface area (Å²) in [6, 6.07) is 0. The van der Waals surface area contributed by atoms with Crippen molar-refractivity contribution in [2.24, 2.45) is 52.3 Å². The number of allylic oxidation sites excluding steroid dienone is 2. The van der Waals surface area contributed by atoms with Crippen molar-refractivity contribution in [2.45, 2.75) is 91.9 Å². The minimum Gasteiger partial charge on any atom is -0.481 e. The molecule has 0 aliphatic heterocycles. The van der Waals surface area contributed by atoms with Gasteiger partial charge in [-0.25, -0.2) is 0 Å². The Morgan fingerprint density at radius 1 is 1.09 bits per heavy atom. The van der Waals surface area contributed by atoms with Gasteiger partial charge in [-0.3, -0.25) is 14.4 Å². The highest BCUT2D eigenvalue weighted by atomic mass is 16.4. The van der Waals surface area contributed by atoms with Crippen LogP contribution in [0.1, 0.15) is 91.9 Å². The molecule has 3 fully saturated rings. The largest absolute Gasteiger partial charge is 0.481 e. The van der Waals surface area contributed by atoms with Crippen LogP contribution < -0.4 is 0 Å². The number of carboxylic acid groups (broad SMARTS) is 1. The topological polar surface area (TPSA) is 71.4 Å². The zero-order chi connectivity index (χ0) is 23.3. The zero-order valence-corrected chi connectivity index (χ0v) is 20.4. The number of hydrogen-bond donors (Lipinski definition) is 1. The number of carbonyl (C=O) groups excluding carboxylic acids is 2. The van der Waals surface area contributed by atoms with Crippen molar-refractivity contribution >= 4 is 17.5 Å². The molecule has 0 bridgehead atoms. The molecule has 0 aromatic carbocycles. The van der Waals surface area contributed by atoms with Gasteiger partial charge in [0, 0.05) is 25.2 Å². The predicted octanol–water partition coefficient (Wildman–Crippen LogP) is 6.09. The SMILES string of the molecule is CC(CCC[C@H](C)C(=O)O)[C@H]1C(=O)CC2C3CC=CC4CC(=O)CC[C@]4(C)C3CC[C@@]21C. The number of carbonyl (C=O) groups is 3. The standard InChI is InChI=1S/C28H42O4/c1-17(7-5-8-18(2)26(31)32)25-24(30)16-23-21-10-6-9-19-15-20(29)11-13-27(19,3)22(21)12-14-28(23,25)4/h6,9,17-19,21-23,25H,5,7-8,10-16H2,1-4H3,(H,31,32)/t17?,18-,19?,21?,22?,23?,25-,27-,28-/m0/s1. The Hall–Kier alpha value is -1.45. The highest BCUT2D eigenvalue weighted by Crippen LogP contribution is 2.65. The maximum absolute atomic E-state index is 13.4. The van der Waals surface area contributed by atoms with Crippen molar-refractivity contribution in [2.75, 3.05) is 0 Å². The van der Waals surface area contributed by atoms with Gasteiger partial charge < -0.3 is 5.11 Å². The number of aliphatic carboxylic acids is 1. The minimum atomic E-state index is -0.724. The first-order chi connectivity index (χ1) is 15.1. The van der Waals surface area contributed by atoms with E-state index in [0.717, 1.165) is 38.5 Å². The molecule has 4 nitrogen and oxygen atoms in total. The third-order valence-corrected chi connectivity index (χ3v) is 10.5. The molecular weight excluding hydrogens is 400 g/mol. The van der Waals surface area contributed by atoms with E-state index < -0.39 is 5.97 Å². The Bertz CT molecular complexity index is 799. The van der Waals surface area contributed by atoms with E-state index in [-0.39, 0.29) is 22.7 Å². The van der Waals surface area contributed by atoms with Crippen LogP contribution in [0, 0.1) is 52.3 Å². The molecule has 3 saturated carbocycles. The fourth-order valence-electron chi connectivity index (χ4n) is 8.59. The van der Waals surface area contributed by atoms with Gasteiger partial charge in [-0.1, -0.05) is 46.3 Å². The van der Waals surface area contributed by atoms with E-state index >= 15 is 0 Å². The first-order valence-electron chi connectivity index (χ1n) is 13.0. The number of hydrogen-bond acceptors (Lipinski definition) is 3. The van der Waals surface area contributed by atoms with Crippen LogP contribution in [0.2, 0.25) is 0 Å². The Kier molecular flexibility index (Phi) is 6.46. The summed E-state index contributed by atoms with van der Waals surface area (Å²) in [5, 5.41) is 9.17. The lowest BCUT2D eigenvalue weighted by Crippen LogP contribution is -2.50. The molecule has 178 valence electrons. The molecule has 4 aliphatic rings. The van der Waals surface area contributed by atoms with Crippen LogP contribution in [-0.4, -0.2) is 22.6 Å². The molecule has 4 rings (SSSR count). The van der Waals surface area contributed by atoms with Gasteiger partial charge in [-0.05, 0) is 78.9 Å². The van der Waals surface area contributed by atoms with Gasteiger partial charge in [0.2, 0.25) is 0 Å². The molecule has 0 aromatic heterocycles. The van der Waals surface area contributed by atoms with Crippen LogP contribution in [0.25, 0.3) is 0 Å². The molecule has 32 heavy (non-hydrogen) atoms. The second-order valence-electron chi connectivity index (χ2n) is 12.2. The predicted molar refractivity (Wildman–Crippen MR) is 125 cm³/mol. The van der Waals surface area contributed by atoms with Crippen molar-refractivity contribution in [1.29, 1.82) is 0 Å². The summed E-state index contributed by atoms with van der Waals surface area (Å²) in [6.45, 7) is 8.82. The number of Topliss-reactive ketones (excluding diaryl/α,β-unsaturated/α-hetero) is 2. The molecule has 0 radical (unpaired) electrons. The van der Waals surface area contributed by atoms with Crippen LogP contribution >= 0.6 is 0 Å². The smallest absolute Gasteiger partial charge is 0.306 e. The molecule has 4 aliphatic carbocycles. The molecule has 9 atom stereocenters. The lowest BCUT2D eigenvalue weighted by Gasteiger charge is -2.55. The second-order valence-corrected chi connectivity index (χ2v) is 12.2. The molecule has 0 heterocycles. The van der Waals surface area contributed by atoms with E-state index in [1.54, 1.807) is 6.92 Å². The molecule has 0 amide bonds. The summed E-state index contributed by atoms with van der Waals surface area (Å²) in [6.07, 6.45) is 13.7. The molecule has 4 heteroatoms. The van der Waals surface area contributed by atoms with Crippen LogP contribution in [0.15, 0.2) is 12.2 Å². The summed E-state index contributed by atoms with van der Waals surface area (Å²) >= 11 is 0. The monoisotopic (exact) mass is 442 g/mol. The third kappa shape index (κ3) is 3.90. The van der Waals surface area contributed by atoms with Crippen molar-refractivity contribution in [3.63, 3.8) is 0 Å². The van der Waals surface area contributed by atoms with Gasteiger partial charge in [0.25, 0.3) is 0 Å². The first-order valence-corrected chi connectivity index (χ1v) is 13.0. The number of fused-ring (bicyclic) bond motifs is 5. The Labute approximate surface area is 193 Å². The van der Waals surface area contributed by atoms with Crippen LogP contribution in [0.3, 0.4) is 0 Å².